The molecule has 1 aromatic rings. The maximum atomic E-state index is 13.3. The molecule has 0 N–H and O–H groups in total. The highest BCUT2D eigenvalue weighted by molar-refractivity contribution is 5.95. The first-order valence-corrected chi connectivity index (χ1v) is 6.91. The van der Waals surface area contributed by atoms with Crippen LogP contribution in [0.2, 0.25) is 0 Å². The number of piperazine rings is 1. The highest BCUT2D eigenvalue weighted by Gasteiger charge is 2.27. The van der Waals surface area contributed by atoms with Crippen LogP contribution in [0.3, 0.4) is 0 Å². The summed E-state index contributed by atoms with van der Waals surface area (Å²) in [7, 11) is 0. The van der Waals surface area contributed by atoms with Crippen molar-refractivity contribution >= 4 is 11.6 Å². The van der Waals surface area contributed by atoms with E-state index < -0.39 is 16.4 Å². The molecule has 0 spiro atoms. The molecule has 1 amide bonds. The van der Waals surface area contributed by atoms with E-state index in [1.807, 2.05) is 6.92 Å². The van der Waals surface area contributed by atoms with Gasteiger partial charge in [-0.15, -0.1) is 0 Å². The fourth-order valence-corrected chi connectivity index (χ4v) is 2.62. The topological polar surface area (TPSA) is 66.7 Å². The smallest absolute Gasteiger partial charge is 0.305 e. The molecule has 1 saturated heterocycles. The van der Waals surface area contributed by atoms with Crippen LogP contribution in [0.15, 0.2) is 18.2 Å². The van der Waals surface area contributed by atoms with Crippen LogP contribution in [0.5, 0.6) is 0 Å². The van der Waals surface area contributed by atoms with E-state index >= 15 is 0 Å². The van der Waals surface area contributed by atoms with Gasteiger partial charge in [0.15, 0.2) is 0 Å². The maximum absolute atomic E-state index is 13.3. The Kier molecular flexibility index (Phi) is 4.52. The molecule has 1 atom stereocenters. The van der Waals surface area contributed by atoms with Crippen molar-refractivity contribution in [3.05, 3.63) is 39.7 Å². The molecule has 0 bridgehead atoms. The van der Waals surface area contributed by atoms with Crippen LogP contribution in [0.1, 0.15) is 24.2 Å². The number of hydrogen-bond acceptors (Lipinski definition) is 4. The Labute approximate surface area is 122 Å². The fraction of sp³-hybridized carbons (Fsp3) is 0.500. The van der Waals surface area contributed by atoms with Crippen LogP contribution < -0.4 is 0 Å². The highest BCUT2D eigenvalue weighted by Crippen LogP contribution is 2.20. The minimum atomic E-state index is -0.930. The lowest BCUT2D eigenvalue weighted by Crippen LogP contribution is -2.53. The Balaban J connectivity index is 2.17. The molecule has 1 unspecified atom stereocenters. The van der Waals surface area contributed by atoms with Crippen LogP contribution >= 0.6 is 0 Å². The van der Waals surface area contributed by atoms with Crippen molar-refractivity contribution in [1.82, 2.24) is 9.80 Å². The van der Waals surface area contributed by atoms with E-state index in [2.05, 4.69) is 11.8 Å². The van der Waals surface area contributed by atoms with Crippen molar-refractivity contribution in [2.45, 2.75) is 19.9 Å². The van der Waals surface area contributed by atoms with E-state index in [0.717, 1.165) is 25.2 Å². The number of hydrogen-bond donors (Lipinski definition) is 0. The normalized spacial score (nSPS) is 19.6. The minimum Gasteiger partial charge on any atom is -0.336 e. The van der Waals surface area contributed by atoms with Crippen molar-refractivity contribution in [3.8, 4) is 0 Å². The molecule has 21 heavy (non-hydrogen) atoms. The third-order valence-corrected chi connectivity index (χ3v) is 3.85. The third-order valence-electron chi connectivity index (χ3n) is 3.85. The molecule has 7 heteroatoms. The van der Waals surface area contributed by atoms with Crippen LogP contribution in [0, 0.1) is 15.9 Å². The van der Waals surface area contributed by atoms with E-state index in [9.17, 15) is 19.3 Å². The second kappa shape index (κ2) is 6.17. The molecular weight excluding hydrogens is 277 g/mol. The number of likely N-dealkylation sites (N-methyl/N-ethyl adjacent to an activating group) is 1. The number of nitro groups is 1. The van der Waals surface area contributed by atoms with Gasteiger partial charge < -0.3 is 4.90 Å². The predicted molar refractivity (Wildman–Crippen MR) is 75.7 cm³/mol. The van der Waals surface area contributed by atoms with Crippen LogP contribution in [0.25, 0.3) is 0 Å². The Morgan fingerprint density at radius 2 is 2.19 bits per heavy atom. The molecule has 1 aliphatic heterocycles. The summed E-state index contributed by atoms with van der Waals surface area (Å²) in [6.45, 7) is 6.94. The molecule has 0 saturated carbocycles. The highest BCUT2D eigenvalue weighted by atomic mass is 19.1. The lowest BCUT2D eigenvalue weighted by atomic mass is 10.1. The molecule has 1 aliphatic rings. The summed E-state index contributed by atoms with van der Waals surface area (Å²) in [5, 5.41) is 10.7. The van der Waals surface area contributed by atoms with Gasteiger partial charge in [-0.2, -0.15) is 4.39 Å². The summed E-state index contributed by atoms with van der Waals surface area (Å²) in [6.07, 6.45) is 0. The number of nitrogens with zero attached hydrogens (tertiary/aromatic N) is 3. The number of carbonyl (C=O) groups excluding carboxylic acids is 1. The molecule has 1 aromatic carbocycles. The van der Waals surface area contributed by atoms with Gasteiger partial charge >= 0.3 is 5.69 Å². The monoisotopic (exact) mass is 295 g/mol. The summed E-state index contributed by atoms with van der Waals surface area (Å²) in [5.74, 6) is -1.22. The van der Waals surface area contributed by atoms with Crippen molar-refractivity contribution in [1.29, 1.82) is 0 Å². The Morgan fingerprint density at radius 1 is 1.48 bits per heavy atom. The van der Waals surface area contributed by atoms with Crippen molar-refractivity contribution in [2.24, 2.45) is 0 Å². The minimum absolute atomic E-state index is 0.153. The number of nitro benzene ring substituents is 1. The van der Waals surface area contributed by atoms with Crippen LogP contribution in [-0.4, -0.2) is 52.9 Å². The third kappa shape index (κ3) is 3.18. The first kappa shape index (κ1) is 15.4. The molecular formula is C14H18FN3O3. The van der Waals surface area contributed by atoms with Gasteiger partial charge in [0.25, 0.3) is 5.91 Å². The lowest BCUT2D eigenvalue weighted by Gasteiger charge is -2.39. The zero-order valence-electron chi connectivity index (χ0n) is 12.1. The molecule has 0 aliphatic carbocycles. The van der Waals surface area contributed by atoms with E-state index in [0.29, 0.717) is 13.1 Å². The molecule has 0 aromatic heterocycles. The van der Waals surface area contributed by atoms with Gasteiger partial charge in [0, 0.05) is 37.3 Å². The quantitative estimate of drug-likeness (QED) is 0.631. The molecule has 1 heterocycles. The van der Waals surface area contributed by atoms with Crippen molar-refractivity contribution in [3.63, 3.8) is 0 Å². The first-order chi connectivity index (χ1) is 9.93. The Bertz CT molecular complexity index is 564. The van der Waals surface area contributed by atoms with E-state index in [1.165, 1.54) is 6.07 Å². The van der Waals surface area contributed by atoms with Crippen LogP contribution in [0.4, 0.5) is 10.1 Å². The zero-order chi connectivity index (χ0) is 15.6. The summed E-state index contributed by atoms with van der Waals surface area (Å²) in [4.78, 5) is 26.2. The SMILES string of the molecule is CCN1CCN(C(=O)c2ccc(F)c([N+](=O)[O-])c2)CC1C. The summed E-state index contributed by atoms with van der Waals surface area (Å²) < 4.78 is 13.3. The molecule has 114 valence electrons. The van der Waals surface area contributed by atoms with Gasteiger partial charge in [-0.25, -0.2) is 0 Å². The summed E-state index contributed by atoms with van der Waals surface area (Å²) in [6, 6.07) is 3.51. The zero-order valence-corrected chi connectivity index (χ0v) is 12.1. The predicted octanol–water partition coefficient (Wildman–Crippen LogP) is 1.90. The van der Waals surface area contributed by atoms with Gasteiger partial charge in [-0.05, 0) is 25.6 Å². The van der Waals surface area contributed by atoms with Crippen molar-refractivity contribution < 1.29 is 14.1 Å². The van der Waals surface area contributed by atoms with E-state index in [4.69, 9.17) is 0 Å². The van der Waals surface area contributed by atoms with E-state index in [-0.39, 0.29) is 17.5 Å². The Morgan fingerprint density at radius 3 is 2.76 bits per heavy atom. The standard InChI is InChI=1S/C14H18FN3O3/c1-3-16-6-7-17(9-10(16)2)14(19)11-4-5-12(15)13(8-11)18(20)21/h4-5,8,10H,3,6-7,9H2,1-2H3. The van der Waals surface area contributed by atoms with Gasteiger partial charge in [-0.1, -0.05) is 6.92 Å². The van der Waals surface area contributed by atoms with Gasteiger partial charge in [0.1, 0.15) is 0 Å². The number of rotatable bonds is 3. The van der Waals surface area contributed by atoms with Crippen LogP contribution in [-0.2, 0) is 0 Å². The number of carbonyl (C=O) groups is 1. The largest absolute Gasteiger partial charge is 0.336 e. The number of halogens is 1. The molecule has 6 nitrogen and oxygen atoms in total. The lowest BCUT2D eigenvalue weighted by molar-refractivity contribution is -0.387. The van der Waals surface area contributed by atoms with Gasteiger partial charge in [-0.3, -0.25) is 19.8 Å². The summed E-state index contributed by atoms with van der Waals surface area (Å²) in [5.41, 5.74) is -0.513. The maximum Gasteiger partial charge on any atom is 0.305 e. The molecule has 1 fully saturated rings. The van der Waals surface area contributed by atoms with Crippen molar-refractivity contribution in [2.75, 3.05) is 26.2 Å². The molecule has 0 radical (unpaired) electrons. The van der Waals surface area contributed by atoms with Gasteiger partial charge in [0.05, 0.1) is 4.92 Å². The number of benzene rings is 1. The number of amides is 1. The fourth-order valence-electron chi connectivity index (χ4n) is 2.62. The average Bonchev–Trinajstić information content (AvgIpc) is 2.46. The first-order valence-electron chi connectivity index (χ1n) is 6.91. The van der Waals surface area contributed by atoms with E-state index in [1.54, 1.807) is 4.90 Å². The Hall–Kier alpha value is -2.02. The summed E-state index contributed by atoms with van der Waals surface area (Å²) >= 11 is 0. The van der Waals surface area contributed by atoms with Gasteiger partial charge in [0.2, 0.25) is 5.82 Å². The average molecular weight is 295 g/mol. The second-order valence-corrected chi connectivity index (χ2v) is 5.15. The second-order valence-electron chi connectivity index (χ2n) is 5.15. The molecule has 2 rings (SSSR count).